The van der Waals surface area contributed by atoms with Crippen molar-refractivity contribution in [3.63, 3.8) is 0 Å². The Balaban J connectivity index is 2.78. The van der Waals surface area contributed by atoms with E-state index in [0.29, 0.717) is 16.8 Å². The van der Waals surface area contributed by atoms with Gasteiger partial charge in [0.05, 0.1) is 13.0 Å². The minimum absolute atomic E-state index is 0.139. The van der Waals surface area contributed by atoms with Crippen LogP contribution in [0.2, 0.25) is 0 Å². The molecule has 17 heavy (non-hydrogen) atoms. The zero-order chi connectivity index (χ0) is 12.5. The van der Waals surface area contributed by atoms with Gasteiger partial charge in [-0.3, -0.25) is 4.85 Å². The molecule has 0 saturated carbocycles. The van der Waals surface area contributed by atoms with E-state index in [4.69, 9.17) is 13.1 Å². The molecule has 4 heteroatoms. The Hall–Kier alpha value is -2.59. The van der Waals surface area contributed by atoms with Crippen LogP contribution in [0, 0.1) is 13.1 Å². The maximum absolute atomic E-state index is 11.3. The second-order valence-electron chi connectivity index (χ2n) is 3.73. The van der Waals surface area contributed by atoms with Gasteiger partial charge >= 0.3 is 11.5 Å². The van der Waals surface area contributed by atoms with E-state index in [-0.39, 0.29) is 6.42 Å². The average molecular weight is 224 g/mol. The van der Waals surface area contributed by atoms with Crippen LogP contribution in [0.15, 0.2) is 24.3 Å². The van der Waals surface area contributed by atoms with Gasteiger partial charge in [0.2, 0.25) is 0 Å². The maximum atomic E-state index is 11.3. The van der Waals surface area contributed by atoms with Crippen LogP contribution < -0.4 is 0 Å². The summed E-state index contributed by atoms with van der Waals surface area (Å²) in [5.41, 5.74) is -0.235. The molecular weight excluding hydrogens is 216 g/mol. The Morgan fingerprint density at radius 2 is 2.18 bits per heavy atom. The number of hydrogen-bond donors (Lipinski definition) is 1. The third-order valence-corrected chi connectivity index (χ3v) is 2.89. The summed E-state index contributed by atoms with van der Waals surface area (Å²) in [6, 6.07) is 4.85. The van der Waals surface area contributed by atoms with E-state index in [1.807, 2.05) is 0 Å². The van der Waals surface area contributed by atoms with E-state index in [2.05, 4.69) is 9.69 Å². The molecule has 0 saturated heterocycles. The van der Waals surface area contributed by atoms with Crippen molar-refractivity contribution in [1.82, 2.24) is 0 Å². The van der Waals surface area contributed by atoms with Crippen LogP contribution in [0.4, 0.5) is 5.69 Å². The van der Waals surface area contributed by atoms with E-state index in [1.165, 1.54) is 0 Å². The molecule has 0 aromatic heterocycles. The van der Waals surface area contributed by atoms with Gasteiger partial charge in [0.15, 0.2) is 5.69 Å². The van der Waals surface area contributed by atoms with Gasteiger partial charge in [0, 0.05) is 5.56 Å². The lowest BCUT2D eigenvalue weighted by Gasteiger charge is -2.22. The number of benzene rings is 1. The summed E-state index contributed by atoms with van der Waals surface area (Å²) < 4.78 is 0. The molecule has 1 aromatic rings. The SMILES string of the molecule is [C-]#[N+]c1cccc2c1C=CCC2([N+]#[C-])C(=O)O. The summed E-state index contributed by atoms with van der Waals surface area (Å²) in [5, 5.41) is 9.27. The molecule has 1 aromatic carbocycles. The first-order valence-corrected chi connectivity index (χ1v) is 4.95. The van der Waals surface area contributed by atoms with Crippen molar-refractivity contribution >= 4 is 17.7 Å². The maximum Gasteiger partial charge on any atom is 0.396 e. The third kappa shape index (κ3) is 1.39. The van der Waals surface area contributed by atoms with Crippen molar-refractivity contribution in [2.45, 2.75) is 12.0 Å². The van der Waals surface area contributed by atoms with E-state index in [0.717, 1.165) is 0 Å². The highest BCUT2D eigenvalue weighted by atomic mass is 16.4. The minimum Gasteiger partial charge on any atom is -0.475 e. The number of carboxylic acid groups (broad SMARTS) is 1. The van der Waals surface area contributed by atoms with Gasteiger partial charge in [0.1, 0.15) is 0 Å². The van der Waals surface area contributed by atoms with Crippen molar-refractivity contribution in [2.24, 2.45) is 0 Å². The number of hydrogen-bond acceptors (Lipinski definition) is 1. The highest BCUT2D eigenvalue weighted by Crippen LogP contribution is 2.41. The van der Waals surface area contributed by atoms with E-state index < -0.39 is 11.5 Å². The number of fused-ring (bicyclic) bond motifs is 1. The topological polar surface area (TPSA) is 46.0 Å². The second-order valence-corrected chi connectivity index (χ2v) is 3.73. The van der Waals surface area contributed by atoms with Gasteiger partial charge in [-0.05, 0) is 5.56 Å². The predicted molar refractivity (Wildman–Crippen MR) is 62.3 cm³/mol. The molecule has 1 atom stereocenters. The molecule has 0 bridgehead atoms. The van der Waals surface area contributed by atoms with Gasteiger partial charge in [-0.15, -0.1) is 0 Å². The Bertz CT molecular complexity index is 605. The molecule has 0 amide bonds. The lowest BCUT2D eigenvalue weighted by atomic mass is 9.80. The summed E-state index contributed by atoms with van der Waals surface area (Å²) in [6.07, 6.45) is 3.50. The van der Waals surface area contributed by atoms with Gasteiger partial charge in [-0.2, -0.15) is 0 Å². The van der Waals surface area contributed by atoms with Gasteiger partial charge in [-0.25, -0.2) is 16.2 Å². The largest absolute Gasteiger partial charge is 0.475 e. The van der Waals surface area contributed by atoms with E-state index in [1.54, 1.807) is 30.4 Å². The Kier molecular flexibility index (Phi) is 2.42. The molecule has 2 rings (SSSR count). The predicted octanol–water partition coefficient (Wildman–Crippen LogP) is 2.85. The van der Waals surface area contributed by atoms with Crippen LogP contribution in [-0.2, 0) is 10.3 Å². The first-order chi connectivity index (χ1) is 8.15. The third-order valence-electron chi connectivity index (χ3n) is 2.89. The molecule has 0 spiro atoms. The first kappa shape index (κ1) is 10.9. The fourth-order valence-corrected chi connectivity index (χ4v) is 2.00. The Morgan fingerprint density at radius 3 is 2.76 bits per heavy atom. The summed E-state index contributed by atoms with van der Waals surface area (Å²) in [7, 11) is 0. The second kappa shape index (κ2) is 3.77. The molecule has 0 radical (unpaired) electrons. The average Bonchev–Trinajstić information content (AvgIpc) is 2.36. The summed E-state index contributed by atoms with van der Waals surface area (Å²) in [6.45, 7) is 14.2. The van der Waals surface area contributed by atoms with E-state index in [9.17, 15) is 9.90 Å². The fraction of sp³-hybridized carbons (Fsp3) is 0.154. The highest BCUT2D eigenvalue weighted by molar-refractivity contribution is 5.88. The first-order valence-electron chi connectivity index (χ1n) is 4.95. The normalized spacial score (nSPS) is 21.1. The monoisotopic (exact) mass is 224 g/mol. The van der Waals surface area contributed by atoms with Crippen molar-refractivity contribution in [3.8, 4) is 0 Å². The number of carboxylic acids is 1. The van der Waals surface area contributed by atoms with Gasteiger partial charge in [-0.1, -0.05) is 30.4 Å². The molecule has 0 aliphatic heterocycles. The van der Waals surface area contributed by atoms with Gasteiger partial charge < -0.3 is 5.11 Å². The van der Waals surface area contributed by atoms with Crippen LogP contribution in [0.25, 0.3) is 15.8 Å². The highest BCUT2D eigenvalue weighted by Gasteiger charge is 2.49. The molecule has 1 aliphatic rings. The standard InChI is InChI=1S/C13H8N2O2/c1-14-11-7-3-6-10-9(11)5-4-8-13(10,15-2)12(16)17/h3-7H,8H2,(H,16,17). The van der Waals surface area contributed by atoms with Crippen molar-refractivity contribution < 1.29 is 9.90 Å². The van der Waals surface area contributed by atoms with Crippen LogP contribution in [0.1, 0.15) is 17.5 Å². The van der Waals surface area contributed by atoms with Crippen LogP contribution in [0.3, 0.4) is 0 Å². The molecule has 4 nitrogen and oxygen atoms in total. The van der Waals surface area contributed by atoms with Crippen LogP contribution in [-0.4, -0.2) is 11.1 Å². The molecule has 0 heterocycles. The number of aliphatic carboxylic acids is 1. The molecule has 0 fully saturated rings. The van der Waals surface area contributed by atoms with Crippen molar-refractivity contribution in [2.75, 3.05) is 0 Å². The van der Waals surface area contributed by atoms with Crippen molar-refractivity contribution in [1.29, 1.82) is 0 Å². The Morgan fingerprint density at radius 1 is 1.41 bits per heavy atom. The molecule has 82 valence electrons. The lowest BCUT2D eigenvalue weighted by Crippen LogP contribution is -2.33. The minimum atomic E-state index is -1.58. The summed E-state index contributed by atoms with van der Waals surface area (Å²) in [4.78, 5) is 18.0. The smallest absolute Gasteiger partial charge is 0.396 e. The molecular formula is C13H8N2O2. The van der Waals surface area contributed by atoms with Crippen LogP contribution >= 0.6 is 0 Å². The van der Waals surface area contributed by atoms with Gasteiger partial charge in [0.25, 0.3) is 0 Å². The lowest BCUT2D eigenvalue weighted by molar-refractivity contribution is -0.142. The van der Waals surface area contributed by atoms with E-state index >= 15 is 0 Å². The fourth-order valence-electron chi connectivity index (χ4n) is 2.00. The quantitative estimate of drug-likeness (QED) is 0.745. The molecule has 1 N–H and O–H groups in total. The summed E-state index contributed by atoms with van der Waals surface area (Å²) >= 11 is 0. The number of carbonyl (C=O) groups is 1. The zero-order valence-electron chi connectivity index (χ0n) is 8.84. The molecule has 1 unspecified atom stereocenters. The van der Waals surface area contributed by atoms with Crippen molar-refractivity contribution in [3.05, 3.63) is 58.2 Å². The Labute approximate surface area is 98.5 Å². The van der Waals surface area contributed by atoms with Crippen LogP contribution in [0.5, 0.6) is 0 Å². The zero-order valence-corrected chi connectivity index (χ0v) is 8.84. The number of rotatable bonds is 1. The molecule has 1 aliphatic carbocycles. The number of nitrogens with zero attached hydrogens (tertiary/aromatic N) is 2. The summed E-state index contributed by atoms with van der Waals surface area (Å²) in [5.74, 6) is -1.17.